The summed E-state index contributed by atoms with van der Waals surface area (Å²) in [4.78, 5) is 17.0. The van der Waals surface area contributed by atoms with Crippen LogP contribution in [0.4, 0.5) is 0 Å². The predicted molar refractivity (Wildman–Crippen MR) is 143 cm³/mol. The first-order valence-corrected chi connectivity index (χ1v) is 13.4. The largest absolute Gasteiger partial charge is 0.507 e. The van der Waals surface area contributed by atoms with Crippen LogP contribution >= 0.6 is 0 Å². The van der Waals surface area contributed by atoms with Crippen molar-refractivity contribution in [3.63, 3.8) is 0 Å². The third-order valence-electron chi connectivity index (χ3n) is 9.34. The van der Waals surface area contributed by atoms with Gasteiger partial charge in [0.2, 0.25) is 12.7 Å². The lowest BCUT2D eigenvalue weighted by atomic mass is 9.71. The van der Waals surface area contributed by atoms with Crippen molar-refractivity contribution < 1.29 is 24.5 Å². The van der Waals surface area contributed by atoms with Gasteiger partial charge in [-0.15, -0.1) is 0 Å². The number of phenolic OH excluding ortho intramolecular Hbond substituents is 2. The van der Waals surface area contributed by atoms with Crippen molar-refractivity contribution in [1.29, 1.82) is 5.26 Å². The van der Waals surface area contributed by atoms with E-state index in [2.05, 4.69) is 27.3 Å². The van der Waals surface area contributed by atoms with Crippen LogP contribution in [0.2, 0.25) is 0 Å². The Hall–Kier alpha value is -3.52. The normalized spacial score (nSPS) is 27.7. The van der Waals surface area contributed by atoms with Gasteiger partial charge in [0, 0.05) is 40.9 Å². The number of fused-ring (bicyclic) bond motifs is 9. The quantitative estimate of drug-likeness (QED) is 0.465. The SMILES string of the molecule is Cc1cc2c(c(O)c1C)[C@@H]1C3Cc4c(O)c(C)c5c(c4[C@H](CNC(=O)[C@@H](C)N)N3[C@@H](C#N)[C@@H](C2)N1C)OCO5. The van der Waals surface area contributed by atoms with E-state index in [9.17, 15) is 20.3 Å². The van der Waals surface area contributed by atoms with Crippen molar-refractivity contribution in [3.8, 4) is 29.1 Å². The Morgan fingerprint density at radius 1 is 1.15 bits per heavy atom. The Kier molecular flexibility index (Phi) is 5.95. The van der Waals surface area contributed by atoms with Gasteiger partial charge in [-0.3, -0.25) is 14.6 Å². The molecule has 0 spiro atoms. The summed E-state index contributed by atoms with van der Waals surface area (Å²) in [5, 5.41) is 36.4. The number of rotatable bonds is 3. The number of likely N-dealkylation sites (N-methyl/N-ethyl adjacent to an activating group) is 1. The maximum Gasteiger partial charge on any atom is 0.236 e. The Morgan fingerprint density at radius 3 is 2.56 bits per heavy atom. The molecule has 39 heavy (non-hydrogen) atoms. The van der Waals surface area contributed by atoms with E-state index >= 15 is 0 Å². The van der Waals surface area contributed by atoms with E-state index < -0.39 is 18.1 Å². The molecule has 0 saturated carbocycles. The average molecular weight is 534 g/mol. The monoisotopic (exact) mass is 533 g/mol. The van der Waals surface area contributed by atoms with Gasteiger partial charge in [-0.1, -0.05) is 6.07 Å². The summed E-state index contributed by atoms with van der Waals surface area (Å²) in [7, 11) is 2.02. The summed E-state index contributed by atoms with van der Waals surface area (Å²) in [6.45, 7) is 7.55. The number of carbonyl (C=O) groups is 1. The molecule has 4 aliphatic rings. The summed E-state index contributed by atoms with van der Waals surface area (Å²) in [6.07, 6.45) is 1.04. The number of hydrogen-bond donors (Lipinski definition) is 4. The van der Waals surface area contributed by atoms with E-state index in [0.717, 1.165) is 33.4 Å². The fraction of sp³-hybridized carbons (Fsp3) is 0.517. The number of phenols is 2. The third-order valence-corrected chi connectivity index (χ3v) is 9.34. The molecule has 1 fully saturated rings. The minimum Gasteiger partial charge on any atom is -0.507 e. The zero-order chi connectivity index (χ0) is 27.9. The molecule has 2 aromatic rings. The number of aryl methyl sites for hydroxylation is 1. The highest BCUT2D eigenvalue weighted by atomic mass is 16.7. The van der Waals surface area contributed by atoms with Crippen LogP contribution in [0.25, 0.3) is 0 Å². The van der Waals surface area contributed by atoms with Crippen LogP contribution in [0.3, 0.4) is 0 Å². The molecule has 4 aliphatic heterocycles. The Labute approximate surface area is 227 Å². The molecule has 6 atom stereocenters. The molecule has 1 saturated heterocycles. The number of aromatic hydroxyl groups is 2. The van der Waals surface area contributed by atoms with E-state index in [4.69, 9.17) is 15.2 Å². The first kappa shape index (κ1) is 25.7. The third kappa shape index (κ3) is 3.53. The molecule has 0 aliphatic carbocycles. The molecule has 0 aromatic heterocycles. The molecule has 6 rings (SSSR count). The van der Waals surface area contributed by atoms with Gasteiger partial charge in [0.15, 0.2) is 11.5 Å². The zero-order valence-electron chi connectivity index (χ0n) is 22.9. The molecule has 10 heteroatoms. The fourth-order valence-electron chi connectivity index (χ4n) is 7.27. The maximum absolute atomic E-state index is 12.6. The lowest BCUT2D eigenvalue weighted by Crippen LogP contribution is -2.68. The van der Waals surface area contributed by atoms with Gasteiger partial charge in [-0.25, -0.2) is 0 Å². The van der Waals surface area contributed by atoms with Crippen LogP contribution in [-0.2, 0) is 17.6 Å². The minimum atomic E-state index is -0.700. The number of nitrogens with two attached hydrogens (primary N) is 1. The van der Waals surface area contributed by atoms with Gasteiger partial charge < -0.3 is 30.7 Å². The van der Waals surface area contributed by atoms with Crippen LogP contribution in [-0.4, -0.2) is 70.5 Å². The molecule has 0 radical (unpaired) electrons. The van der Waals surface area contributed by atoms with Crippen LogP contribution in [0.15, 0.2) is 6.07 Å². The van der Waals surface area contributed by atoms with Crippen molar-refractivity contribution in [2.24, 2.45) is 5.73 Å². The highest BCUT2D eigenvalue weighted by molar-refractivity contribution is 5.81. The number of hydrogen-bond acceptors (Lipinski definition) is 9. The minimum absolute atomic E-state index is 0.0317. The van der Waals surface area contributed by atoms with E-state index in [1.807, 2.05) is 20.9 Å². The second-order valence-corrected chi connectivity index (χ2v) is 11.4. The average Bonchev–Trinajstić information content (AvgIpc) is 3.39. The number of nitriles is 1. The molecule has 5 N–H and O–H groups in total. The molecular formula is C29H35N5O5. The highest BCUT2D eigenvalue weighted by Gasteiger charge is 2.56. The lowest BCUT2D eigenvalue weighted by Gasteiger charge is -2.60. The molecule has 4 heterocycles. The number of benzene rings is 2. The van der Waals surface area contributed by atoms with Gasteiger partial charge in [0.05, 0.1) is 24.2 Å². The number of ether oxygens (including phenoxy) is 2. The summed E-state index contributed by atoms with van der Waals surface area (Å²) < 4.78 is 11.7. The van der Waals surface area contributed by atoms with Crippen molar-refractivity contribution >= 4 is 5.91 Å². The molecule has 1 amide bonds. The molecule has 2 aromatic carbocycles. The Morgan fingerprint density at radius 2 is 1.87 bits per heavy atom. The lowest BCUT2D eigenvalue weighted by molar-refractivity contribution is -0.123. The highest BCUT2D eigenvalue weighted by Crippen LogP contribution is 2.57. The zero-order valence-corrected chi connectivity index (χ0v) is 22.9. The van der Waals surface area contributed by atoms with E-state index in [1.54, 1.807) is 13.8 Å². The van der Waals surface area contributed by atoms with Crippen LogP contribution in [0, 0.1) is 32.1 Å². The van der Waals surface area contributed by atoms with Crippen molar-refractivity contribution in [1.82, 2.24) is 15.1 Å². The summed E-state index contributed by atoms with van der Waals surface area (Å²) in [5.41, 5.74) is 11.7. The molecule has 1 unspecified atom stereocenters. The van der Waals surface area contributed by atoms with Gasteiger partial charge in [-0.05, 0) is 64.3 Å². The maximum atomic E-state index is 12.6. The predicted octanol–water partition coefficient (Wildman–Crippen LogP) is 1.99. The Bertz CT molecular complexity index is 1430. The molecule has 206 valence electrons. The van der Waals surface area contributed by atoms with E-state index in [1.165, 1.54) is 0 Å². The fourth-order valence-corrected chi connectivity index (χ4v) is 7.27. The molecular weight excluding hydrogens is 498 g/mol. The second-order valence-electron chi connectivity index (χ2n) is 11.4. The van der Waals surface area contributed by atoms with Crippen molar-refractivity contribution in [3.05, 3.63) is 45.0 Å². The number of amides is 1. The number of nitrogens with one attached hydrogen (secondary N) is 1. The van der Waals surface area contributed by atoms with Gasteiger partial charge in [-0.2, -0.15) is 5.26 Å². The van der Waals surface area contributed by atoms with Crippen LogP contribution < -0.4 is 20.5 Å². The summed E-state index contributed by atoms with van der Waals surface area (Å²) in [5.74, 6) is 1.16. The van der Waals surface area contributed by atoms with Crippen LogP contribution in [0.1, 0.15) is 58.0 Å². The smallest absolute Gasteiger partial charge is 0.236 e. The molecule has 2 bridgehead atoms. The Balaban J connectivity index is 1.58. The van der Waals surface area contributed by atoms with Gasteiger partial charge in [0.25, 0.3) is 0 Å². The number of piperazine rings is 1. The summed E-state index contributed by atoms with van der Waals surface area (Å²) >= 11 is 0. The van der Waals surface area contributed by atoms with E-state index in [-0.39, 0.29) is 48.9 Å². The summed E-state index contributed by atoms with van der Waals surface area (Å²) in [6, 6.07) is 2.38. The number of carbonyl (C=O) groups excluding carboxylic acids is 1. The first-order valence-electron chi connectivity index (χ1n) is 13.4. The van der Waals surface area contributed by atoms with Crippen molar-refractivity contribution in [2.75, 3.05) is 20.4 Å². The van der Waals surface area contributed by atoms with Gasteiger partial charge >= 0.3 is 0 Å². The van der Waals surface area contributed by atoms with Crippen LogP contribution in [0.5, 0.6) is 23.0 Å². The van der Waals surface area contributed by atoms with E-state index in [0.29, 0.717) is 29.9 Å². The van der Waals surface area contributed by atoms with Crippen molar-refractivity contribution in [2.45, 2.75) is 76.8 Å². The van der Waals surface area contributed by atoms with Gasteiger partial charge in [0.1, 0.15) is 17.5 Å². The number of nitrogens with zero attached hydrogens (tertiary/aromatic N) is 3. The standard InChI is InChI=1S/C29H35N5O5/c1-12-6-16-7-18-20(9-30)34-19(24(33(18)5)22(16)26(36)13(12)2)8-17-23(21(34)10-32-29(37)15(4)31)28-27(38-11-39-28)14(3)25(17)35/h6,15,18-21,24,35-36H,7-8,10-11,31H2,1-5H3,(H,32,37)/t15-,18-,19?,20+,21+,24+/m1/s1. The topological polar surface area (TPSA) is 144 Å². The second kappa shape index (κ2) is 9.01. The first-order chi connectivity index (χ1) is 18.6. The molecule has 10 nitrogen and oxygen atoms in total.